The molecule has 0 heterocycles. The zero-order valence-electron chi connectivity index (χ0n) is 17.7. The van der Waals surface area contributed by atoms with Crippen LogP contribution in [0.15, 0.2) is 77.7 Å². The van der Waals surface area contributed by atoms with Gasteiger partial charge >= 0.3 is 0 Å². The molecule has 1 atom stereocenters. The van der Waals surface area contributed by atoms with E-state index in [1.165, 1.54) is 22.5 Å². The van der Waals surface area contributed by atoms with Gasteiger partial charge in [0.1, 0.15) is 0 Å². The molecule has 160 valence electrons. The van der Waals surface area contributed by atoms with Gasteiger partial charge in [-0.2, -0.15) is 0 Å². The molecule has 3 aromatic carbocycles. The predicted octanol–water partition coefficient (Wildman–Crippen LogP) is 4.63. The molecule has 1 amide bonds. The van der Waals surface area contributed by atoms with Crippen molar-refractivity contribution in [3.8, 4) is 0 Å². The second-order valence-corrected chi connectivity index (χ2v) is 9.92. The molecular formula is C25H26N2O3S. The summed E-state index contributed by atoms with van der Waals surface area (Å²) in [5.41, 5.74) is 4.48. The first kappa shape index (κ1) is 21.1. The SMILES string of the molecule is Cc1ccc(S(=O)(=O)N(C)c2ccc(C(=O)NC3CCCc4ccccc43)cc2)cc1. The Morgan fingerprint density at radius 1 is 0.968 bits per heavy atom. The summed E-state index contributed by atoms with van der Waals surface area (Å²) in [6, 6.07) is 21.6. The van der Waals surface area contributed by atoms with E-state index < -0.39 is 10.0 Å². The van der Waals surface area contributed by atoms with Gasteiger partial charge in [0, 0.05) is 12.6 Å². The number of nitrogens with one attached hydrogen (secondary N) is 1. The van der Waals surface area contributed by atoms with Crippen molar-refractivity contribution in [2.45, 2.75) is 37.1 Å². The van der Waals surface area contributed by atoms with Crippen LogP contribution in [0.2, 0.25) is 0 Å². The fourth-order valence-electron chi connectivity index (χ4n) is 3.98. The van der Waals surface area contributed by atoms with Gasteiger partial charge in [-0.15, -0.1) is 0 Å². The summed E-state index contributed by atoms with van der Waals surface area (Å²) >= 11 is 0. The number of carbonyl (C=O) groups is 1. The van der Waals surface area contributed by atoms with Gasteiger partial charge in [-0.25, -0.2) is 8.42 Å². The molecule has 0 aliphatic heterocycles. The summed E-state index contributed by atoms with van der Waals surface area (Å²) < 4.78 is 27.0. The maximum Gasteiger partial charge on any atom is 0.264 e. The Balaban J connectivity index is 1.49. The van der Waals surface area contributed by atoms with Crippen molar-refractivity contribution in [2.24, 2.45) is 0 Å². The van der Waals surface area contributed by atoms with E-state index in [1.54, 1.807) is 48.5 Å². The standard InChI is InChI=1S/C25H26N2O3S/c1-18-10-16-22(17-11-18)31(29,30)27(2)21-14-12-20(13-15-21)25(28)26-24-9-5-7-19-6-3-4-8-23(19)24/h3-4,6,8,10-17,24H,5,7,9H2,1-2H3,(H,26,28). The van der Waals surface area contributed by atoms with Crippen molar-refractivity contribution < 1.29 is 13.2 Å². The molecule has 0 fully saturated rings. The fourth-order valence-corrected chi connectivity index (χ4v) is 5.17. The Morgan fingerprint density at radius 3 is 2.35 bits per heavy atom. The maximum absolute atomic E-state index is 12.9. The maximum atomic E-state index is 12.9. The molecule has 5 nitrogen and oxygen atoms in total. The average molecular weight is 435 g/mol. The van der Waals surface area contributed by atoms with E-state index in [-0.39, 0.29) is 16.8 Å². The summed E-state index contributed by atoms with van der Waals surface area (Å²) in [5.74, 6) is -0.155. The second-order valence-electron chi connectivity index (χ2n) is 7.95. The number of nitrogens with zero attached hydrogens (tertiary/aromatic N) is 1. The van der Waals surface area contributed by atoms with Crippen LogP contribution in [-0.2, 0) is 16.4 Å². The Hall–Kier alpha value is -3.12. The summed E-state index contributed by atoms with van der Waals surface area (Å²) in [6.45, 7) is 1.91. The highest BCUT2D eigenvalue weighted by Crippen LogP contribution is 2.30. The molecule has 0 saturated carbocycles. The molecule has 1 aliphatic rings. The normalized spacial score (nSPS) is 15.7. The van der Waals surface area contributed by atoms with E-state index in [0.29, 0.717) is 11.3 Å². The molecule has 0 radical (unpaired) electrons. The zero-order chi connectivity index (χ0) is 22.0. The number of benzene rings is 3. The number of anilines is 1. The molecule has 31 heavy (non-hydrogen) atoms. The van der Waals surface area contributed by atoms with Crippen LogP contribution in [0.3, 0.4) is 0 Å². The molecule has 1 N–H and O–H groups in total. The van der Waals surface area contributed by atoms with Crippen LogP contribution in [0, 0.1) is 6.92 Å². The van der Waals surface area contributed by atoms with Crippen LogP contribution in [0.4, 0.5) is 5.69 Å². The van der Waals surface area contributed by atoms with Crippen LogP contribution in [0.5, 0.6) is 0 Å². The monoisotopic (exact) mass is 434 g/mol. The third-order valence-corrected chi connectivity index (χ3v) is 7.65. The molecule has 1 unspecified atom stereocenters. The van der Waals surface area contributed by atoms with Gasteiger partial charge in [-0.1, -0.05) is 42.0 Å². The highest BCUT2D eigenvalue weighted by Gasteiger charge is 2.23. The van der Waals surface area contributed by atoms with Crippen molar-refractivity contribution in [1.29, 1.82) is 0 Å². The molecular weight excluding hydrogens is 408 g/mol. The Morgan fingerprint density at radius 2 is 1.65 bits per heavy atom. The number of carbonyl (C=O) groups excluding carboxylic acids is 1. The largest absolute Gasteiger partial charge is 0.345 e. The number of hydrogen-bond donors (Lipinski definition) is 1. The number of rotatable bonds is 5. The molecule has 3 aromatic rings. The Bertz CT molecular complexity index is 1190. The van der Waals surface area contributed by atoms with Crippen LogP contribution < -0.4 is 9.62 Å². The summed E-state index contributed by atoms with van der Waals surface area (Å²) in [5, 5.41) is 3.13. The lowest BCUT2D eigenvalue weighted by molar-refractivity contribution is 0.0933. The highest BCUT2D eigenvalue weighted by molar-refractivity contribution is 7.92. The lowest BCUT2D eigenvalue weighted by atomic mass is 9.87. The van der Waals surface area contributed by atoms with Gasteiger partial charge < -0.3 is 5.32 Å². The molecule has 0 spiro atoms. The predicted molar refractivity (Wildman–Crippen MR) is 123 cm³/mol. The lowest BCUT2D eigenvalue weighted by Gasteiger charge is -2.26. The van der Waals surface area contributed by atoms with E-state index in [0.717, 1.165) is 24.8 Å². The fraction of sp³-hybridized carbons (Fsp3) is 0.240. The zero-order valence-corrected chi connectivity index (χ0v) is 18.5. The molecule has 4 rings (SSSR count). The number of fused-ring (bicyclic) bond motifs is 1. The van der Waals surface area contributed by atoms with Gasteiger partial charge in [0.05, 0.1) is 16.6 Å². The molecule has 0 saturated heterocycles. The van der Waals surface area contributed by atoms with Gasteiger partial charge in [-0.3, -0.25) is 9.10 Å². The minimum atomic E-state index is -3.67. The van der Waals surface area contributed by atoms with Crippen molar-refractivity contribution in [1.82, 2.24) is 5.32 Å². The van der Waals surface area contributed by atoms with E-state index in [4.69, 9.17) is 0 Å². The van der Waals surface area contributed by atoms with Crippen LogP contribution in [-0.4, -0.2) is 21.4 Å². The molecule has 0 bridgehead atoms. The summed E-state index contributed by atoms with van der Waals surface area (Å²) in [6.07, 6.45) is 3.00. The first-order valence-electron chi connectivity index (χ1n) is 10.4. The minimum Gasteiger partial charge on any atom is -0.345 e. The van der Waals surface area contributed by atoms with E-state index in [9.17, 15) is 13.2 Å². The first-order valence-corrected chi connectivity index (χ1v) is 11.8. The van der Waals surface area contributed by atoms with E-state index >= 15 is 0 Å². The smallest absolute Gasteiger partial charge is 0.264 e. The molecule has 1 aliphatic carbocycles. The van der Waals surface area contributed by atoms with Crippen LogP contribution in [0.25, 0.3) is 0 Å². The Labute approximate surface area is 183 Å². The summed E-state index contributed by atoms with van der Waals surface area (Å²) in [4.78, 5) is 13.0. The highest BCUT2D eigenvalue weighted by atomic mass is 32.2. The van der Waals surface area contributed by atoms with Crippen LogP contribution in [0.1, 0.15) is 45.9 Å². The number of amides is 1. The minimum absolute atomic E-state index is 0.00159. The van der Waals surface area contributed by atoms with Gasteiger partial charge in [0.2, 0.25) is 0 Å². The molecule has 6 heteroatoms. The first-order chi connectivity index (χ1) is 14.9. The van der Waals surface area contributed by atoms with Gasteiger partial charge in [0.25, 0.3) is 15.9 Å². The third-order valence-electron chi connectivity index (χ3n) is 5.85. The van der Waals surface area contributed by atoms with Crippen molar-refractivity contribution in [2.75, 3.05) is 11.4 Å². The van der Waals surface area contributed by atoms with Gasteiger partial charge in [0.15, 0.2) is 0 Å². The lowest BCUT2D eigenvalue weighted by Crippen LogP contribution is -2.31. The summed E-state index contributed by atoms with van der Waals surface area (Å²) in [7, 11) is -2.15. The molecule has 0 aromatic heterocycles. The van der Waals surface area contributed by atoms with Crippen LogP contribution >= 0.6 is 0 Å². The van der Waals surface area contributed by atoms with E-state index in [2.05, 4.69) is 17.4 Å². The number of hydrogen-bond acceptors (Lipinski definition) is 3. The van der Waals surface area contributed by atoms with Crippen molar-refractivity contribution in [3.05, 3.63) is 95.1 Å². The second kappa shape index (κ2) is 8.55. The van der Waals surface area contributed by atoms with Crippen molar-refractivity contribution in [3.63, 3.8) is 0 Å². The quantitative estimate of drug-likeness (QED) is 0.637. The number of sulfonamides is 1. The number of aryl methyl sites for hydroxylation is 2. The Kier molecular flexibility index (Phi) is 5.83. The van der Waals surface area contributed by atoms with Gasteiger partial charge in [-0.05, 0) is 73.7 Å². The van der Waals surface area contributed by atoms with E-state index in [1.807, 2.05) is 19.1 Å². The topological polar surface area (TPSA) is 66.5 Å². The third kappa shape index (κ3) is 4.35. The van der Waals surface area contributed by atoms with Crippen molar-refractivity contribution >= 4 is 21.6 Å². The average Bonchev–Trinajstić information content (AvgIpc) is 2.79.